The molecule has 0 radical (unpaired) electrons. The van der Waals surface area contributed by atoms with E-state index < -0.39 is 0 Å². The number of hydrogen-bond acceptors (Lipinski definition) is 4. The zero-order valence-corrected chi connectivity index (χ0v) is 8.53. The largest absolute Gasteiger partial charge is 0.468 e. The van der Waals surface area contributed by atoms with Crippen molar-refractivity contribution in [1.29, 1.82) is 0 Å². The molecule has 1 heterocycles. The van der Waals surface area contributed by atoms with Gasteiger partial charge in [-0.05, 0) is 31.9 Å². The Morgan fingerprint density at radius 3 is 3.07 bits per heavy atom. The summed E-state index contributed by atoms with van der Waals surface area (Å²) in [6.07, 6.45) is 3.55. The van der Waals surface area contributed by atoms with E-state index in [1.165, 1.54) is 0 Å². The fourth-order valence-corrected chi connectivity index (χ4v) is 1.33. The van der Waals surface area contributed by atoms with Crippen LogP contribution in [-0.4, -0.2) is 13.2 Å². The number of nitrogens with one attached hydrogen (secondary N) is 1. The van der Waals surface area contributed by atoms with E-state index in [1.807, 2.05) is 19.1 Å². The predicted molar refractivity (Wildman–Crippen MR) is 54.5 cm³/mol. The Bertz CT molecular complexity index is 224. The van der Waals surface area contributed by atoms with Gasteiger partial charge in [-0.2, -0.15) is 0 Å². The lowest BCUT2D eigenvalue weighted by Gasteiger charge is -2.12. The lowest BCUT2D eigenvalue weighted by Crippen LogP contribution is -2.27. The first-order valence-electron chi connectivity index (χ1n) is 4.95. The van der Waals surface area contributed by atoms with E-state index in [1.54, 1.807) is 6.26 Å². The summed E-state index contributed by atoms with van der Waals surface area (Å²) in [6, 6.07) is 3.87. The van der Waals surface area contributed by atoms with Crippen LogP contribution in [0.4, 0.5) is 0 Å². The Morgan fingerprint density at radius 1 is 1.64 bits per heavy atom. The van der Waals surface area contributed by atoms with Gasteiger partial charge in [-0.25, -0.2) is 5.43 Å². The molecule has 0 saturated heterocycles. The summed E-state index contributed by atoms with van der Waals surface area (Å²) in [5.41, 5.74) is 2.73. The molecule has 3 N–H and O–H groups in total. The standard InChI is InChI=1S/C10H18N2O2/c1-2-13-7-3-5-9(12-11)10-6-4-8-14-10/h4,6,8-9,12H,2-3,5,7,11H2,1H3. The molecule has 0 aliphatic rings. The number of hydrazine groups is 1. The second kappa shape index (κ2) is 6.59. The van der Waals surface area contributed by atoms with E-state index >= 15 is 0 Å². The Labute approximate surface area is 84.4 Å². The molecule has 0 aliphatic carbocycles. The maximum atomic E-state index is 5.43. The molecular formula is C10H18N2O2. The Balaban J connectivity index is 2.26. The Hall–Kier alpha value is -0.840. The third-order valence-electron chi connectivity index (χ3n) is 2.07. The van der Waals surface area contributed by atoms with Crippen LogP contribution in [0.25, 0.3) is 0 Å². The maximum absolute atomic E-state index is 5.43. The number of furan rings is 1. The third-order valence-corrected chi connectivity index (χ3v) is 2.07. The Kier molecular flexibility index (Phi) is 5.29. The first-order chi connectivity index (χ1) is 6.88. The monoisotopic (exact) mass is 198 g/mol. The van der Waals surface area contributed by atoms with Gasteiger partial charge in [-0.3, -0.25) is 5.84 Å². The molecule has 1 rings (SSSR count). The van der Waals surface area contributed by atoms with Gasteiger partial charge in [0.2, 0.25) is 0 Å². The van der Waals surface area contributed by atoms with Crippen LogP contribution in [-0.2, 0) is 4.74 Å². The molecule has 1 aromatic heterocycles. The number of nitrogens with two attached hydrogens (primary N) is 1. The van der Waals surface area contributed by atoms with E-state index in [2.05, 4.69) is 5.43 Å². The van der Waals surface area contributed by atoms with Crippen molar-refractivity contribution in [1.82, 2.24) is 5.43 Å². The molecule has 4 heteroatoms. The molecule has 0 aliphatic heterocycles. The van der Waals surface area contributed by atoms with Crippen molar-refractivity contribution in [2.75, 3.05) is 13.2 Å². The van der Waals surface area contributed by atoms with Crippen LogP contribution in [0.3, 0.4) is 0 Å². The smallest absolute Gasteiger partial charge is 0.122 e. The van der Waals surface area contributed by atoms with E-state index in [0.717, 1.165) is 31.8 Å². The van der Waals surface area contributed by atoms with Crippen molar-refractivity contribution in [3.05, 3.63) is 24.2 Å². The summed E-state index contributed by atoms with van der Waals surface area (Å²) >= 11 is 0. The summed E-state index contributed by atoms with van der Waals surface area (Å²) in [6.45, 7) is 3.53. The van der Waals surface area contributed by atoms with Gasteiger partial charge in [0.15, 0.2) is 0 Å². The quantitative estimate of drug-likeness (QED) is 0.397. The van der Waals surface area contributed by atoms with Crippen molar-refractivity contribution in [2.45, 2.75) is 25.8 Å². The highest BCUT2D eigenvalue weighted by molar-refractivity contribution is 5.03. The van der Waals surface area contributed by atoms with Gasteiger partial charge in [-0.15, -0.1) is 0 Å². The second-order valence-electron chi connectivity index (χ2n) is 3.07. The molecule has 4 nitrogen and oxygen atoms in total. The molecule has 1 aromatic rings. The molecule has 1 unspecified atom stereocenters. The first kappa shape index (κ1) is 11.2. The Morgan fingerprint density at radius 2 is 2.50 bits per heavy atom. The summed E-state index contributed by atoms with van der Waals surface area (Å²) < 4.78 is 10.5. The second-order valence-corrected chi connectivity index (χ2v) is 3.07. The molecule has 14 heavy (non-hydrogen) atoms. The fraction of sp³-hybridized carbons (Fsp3) is 0.600. The summed E-state index contributed by atoms with van der Waals surface area (Å²) in [5, 5.41) is 0. The minimum atomic E-state index is 0.0884. The van der Waals surface area contributed by atoms with Crippen molar-refractivity contribution in [3.8, 4) is 0 Å². The normalized spacial score (nSPS) is 13.0. The molecule has 0 bridgehead atoms. The van der Waals surface area contributed by atoms with Crippen LogP contribution in [0.1, 0.15) is 31.6 Å². The van der Waals surface area contributed by atoms with Gasteiger partial charge in [0.05, 0.1) is 12.3 Å². The highest BCUT2D eigenvalue weighted by Crippen LogP contribution is 2.17. The lowest BCUT2D eigenvalue weighted by atomic mass is 10.1. The minimum Gasteiger partial charge on any atom is -0.468 e. The van der Waals surface area contributed by atoms with Crippen LogP contribution in [0.2, 0.25) is 0 Å². The minimum absolute atomic E-state index is 0.0884. The van der Waals surface area contributed by atoms with Gasteiger partial charge in [0, 0.05) is 13.2 Å². The van der Waals surface area contributed by atoms with Gasteiger partial charge in [-0.1, -0.05) is 0 Å². The molecular weight excluding hydrogens is 180 g/mol. The van der Waals surface area contributed by atoms with Crippen molar-refractivity contribution in [2.24, 2.45) is 5.84 Å². The predicted octanol–water partition coefficient (Wildman–Crippen LogP) is 1.60. The molecule has 0 fully saturated rings. The maximum Gasteiger partial charge on any atom is 0.122 e. The van der Waals surface area contributed by atoms with E-state index in [-0.39, 0.29) is 6.04 Å². The van der Waals surface area contributed by atoms with E-state index in [0.29, 0.717) is 0 Å². The number of ether oxygens (including phenoxy) is 1. The van der Waals surface area contributed by atoms with Gasteiger partial charge < -0.3 is 9.15 Å². The third kappa shape index (κ3) is 3.49. The van der Waals surface area contributed by atoms with Crippen LogP contribution in [0, 0.1) is 0 Å². The molecule has 0 spiro atoms. The average molecular weight is 198 g/mol. The van der Waals surface area contributed by atoms with Crippen LogP contribution in [0.15, 0.2) is 22.8 Å². The topological polar surface area (TPSA) is 60.4 Å². The summed E-state index contributed by atoms with van der Waals surface area (Å²) in [5.74, 6) is 6.31. The fourth-order valence-electron chi connectivity index (χ4n) is 1.33. The molecule has 0 aromatic carbocycles. The van der Waals surface area contributed by atoms with Crippen LogP contribution < -0.4 is 11.3 Å². The van der Waals surface area contributed by atoms with E-state index in [4.69, 9.17) is 15.0 Å². The number of rotatable bonds is 7. The zero-order chi connectivity index (χ0) is 10.2. The molecule has 0 amide bonds. The summed E-state index contributed by atoms with van der Waals surface area (Å²) in [4.78, 5) is 0. The molecule has 1 atom stereocenters. The highest BCUT2D eigenvalue weighted by Gasteiger charge is 2.11. The highest BCUT2D eigenvalue weighted by atomic mass is 16.5. The SMILES string of the molecule is CCOCCCC(NN)c1ccco1. The van der Waals surface area contributed by atoms with Crippen molar-refractivity contribution < 1.29 is 9.15 Å². The van der Waals surface area contributed by atoms with Gasteiger partial charge in [0.25, 0.3) is 0 Å². The van der Waals surface area contributed by atoms with Crippen molar-refractivity contribution >= 4 is 0 Å². The van der Waals surface area contributed by atoms with Crippen molar-refractivity contribution in [3.63, 3.8) is 0 Å². The van der Waals surface area contributed by atoms with Gasteiger partial charge >= 0.3 is 0 Å². The van der Waals surface area contributed by atoms with Crippen LogP contribution in [0.5, 0.6) is 0 Å². The zero-order valence-electron chi connectivity index (χ0n) is 8.53. The molecule has 0 saturated carbocycles. The summed E-state index contributed by atoms with van der Waals surface area (Å²) in [7, 11) is 0. The lowest BCUT2D eigenvalue weighted by molar-refractivity contribution is 0.140. The van der Waals surface area contributed by atoms with Gasteiger partial charge in [0.1, 0.15) is 5.76 Å². The van der Waals surface area contributed by atoms with E-state index in [9.17, 15) is 0 Å². The number of hydrogen-bond donors (Lipinski definition) is 2. The molecule has 80 valence electrons. The van der Waals surface area contributed by atoms with Crippen LogP contribution >= 0.6 is 0 Å². The average Bonchev–Trinajstić information content (AvgIpc) is 2.71. The first-order valence-corrected chi connectivity index (χ1v) is 4.95.